The molecule has 4 atom stereocenters. The van der Waals surface area contributed by atoms with Crippen LogP contribution in [0.25, 0.3) is 0 Å². The number of amides is 1. The Morgan fingerprint density at radius 3 is 2.09 bits per heavy atom. The number of nitrogens with two attached hydrogens (primary N) is 1. The molecule has 0 bridgehead atoms. The molecule has 44 heavy (non-hydrogen) atoms. The van der Waals surface area contributed by atoms with Gasteiger partial charge in [-0.1, -0.05) is 98.8 Å². The van der Waals surface area contributed by atoms with Crippen LogP contribution in [0.3, 0.4) is 0 Å². The molecule has 4 unspecified atom stereocenters. The van der Waals surface area contributed by atoms with Crippen LogP contribution in [0.4, 0.5) is 4.79 Å². The van der Waals surface area contributed by atoms with E-state index in [0.29, 0.717) is 11.1 Å². The topological polar surface area (TPSA) is 185 Å². The number of benzene rings is 3. The Bertz CT molecular complexity index is 1540. The molecule has 0 spiro atoms. The van der Waals surface area contributed by atoms with E-state index < -0.39 is 65.0 Å². The van der Waals surface area contributed by atoms with Crippen molar-refractivity contribution in [1.82, 2.24) is 10.0 Å². The van der Waals surface area contributed by atoms with Crippen molar-refractivity contribution in [2.24, 2.45) is 11.7 Å². The largest absolute Gasteiger partial charge is 0.481 e. The second-order valence-corrected chi connectivity index (χ2v) is 15.2. The zero-order chi connectivity index (χ0) is 32.3. The first-order valence-electron chi connectivity index (χ1n) is 14.1. The SMILES string of the molecule is CC(C)C(NS(=O)(=O)CC(Cc1ccccc1)NC(=O)OCc1ccccc1)P(=O)(O)CC(C(=O)O)c1cccc(CN)c1. The number of aliphatic carboxylic acids is 1. The molecule has 3 rings (SSSR count). The van der Waals surface area contributed by atoms with E-state index in [-0.39, 0.29) is 19.6 Å². The number of carbonyl (C=O) groups is 2. The zero-order valence-corrected chi connectivity index (χ0v) is 26.4. The van der Waals surface area contributed by atoms with Crippen molar-refractivity contribution in [3.63, 3.8) is 0 Å². The van der Waals surface area contributed by atoms with E-state index in [9.17, 15) is 32.6 Å². The van der Waals surface area contributed by atoms with Gasteiger partial charge in [0, 0.05) is 12.7 Å². The molecule has 6 N–H and O–H groups in total. The molecule has 0 radical (unpaired) electrons. The van der Waals surface area contributed by atoms with E-state index in [1.807, 2.05) is 6.07 Å². The zero-order valence-electron chi connectivity index (χ0n) is 24.7. The summed E-state index contributed by atoms with van der Waals surface area (Å²) < 4.78 is 48.3. The number of carbonyl (C=O) groups excluding carboxylic acids is 1. The monoisotopic (exact) mass is 645 g/mol. The summed E-state index contributed by atoms with van der Waals surface area (Å²) in [5.41, 5.74) is 8.14. The molecule has 0 aromatic heterocycles. The fourth-order valence-electron chi connectivity index (χ4n) is 4.80. The van der Waals surface area contributed by atoms with E-state index in [2.05, 4.69) is 10.0 Å². The average Bonchev–Trinajstić information content (AvgIpc) is 2.98. The first kappa shape index (κ1) is 34.9. The normalized spacial score (nSPS) is 15.1. The van der Waals surface area contributed by atoms with Crippen molar-refractivity contribution in [3.05, 3.63) is 107 Å². The van der Waals surface area contributed by atoms with Crippen LogP contribution in [0, 0.1) is 5.92 Å². The smallest absolute Gasteiger partial charge is 0.407 e. The minimum atomic E-state index is -4.45. The van der Waals surface area contributed by atoms with Gasteiger partial charge in [0.1, 0.15) is 12.4 Å². The summed E-state index contributed by atoms with van der Waals surface area (Å²) in [5.74, 6) is -5.45. The predicted octanol–water partition coefficient (Wildman–Crippen LogP) is 4.02. The maximum absolute atomic E-state index is 13.7. The maximum Gasteiger partial charge on any atom is 0.407 e. The Kier molecular flexibility index (Phi) is 12.7. The van der Waals surface area contributed by atoms with Crippen molar-refractivity contribution in [2.75, 3.05) is 11.9 Å². The summed E-state index contributed by atoms with van der Waals surface area (Å²) in [6.07, 6.45) is -1.37. The number of carboxylic acid groups (broad SMARTS) is 1. The molecular formula is C31H40N3O8PS. The third-order valence-electron chi connectivity index (χ3n) is 6.98. The van der Waals surface area contributed by atoms with Crippen LogP contribution in [0.15, 0.2) is 84.9 Å². The summed E-state index contributed by atoms with van der Waals surface area (Å²) in [6.45, 7) is 3.28. The lowest BCUT2D eigenvalue weighted by Gasteiger charge is -2.30. The summed E-state index contributed by atoms with van der Waals surface area (Å²) in [4.78, 5) is 36.0. The van der Waals surface area contributed by atoms with Crippen LogP contribution in [-0.4, -0.2) is 54.2 Å². The number of sulfonamides is 1. The Hall–Kier alpha value is -3.54. The van der Waals surface area contributed by atoms with Crippen LogP contribution >= 0.6 is 7.37 Å². The van der Waals surface area contributed by atoms with Gasteiger partial charge in [-0.2, -0.15) is 0 Å². The maximum atomic E-state index is 13.7. The quantitative estimate of drug-likeness (QED) is 0.144. The number of rotatable bonds is 16. The first-order chi connectivity index (χ1) is 20.8. The number of hydrogen-bond acceptors (Lipinski definition) is 7. The summed E-state index contributed by atoms with van der Waals surface area (Å²) >= 11 is 0. The van der Waals surface area contributed by atoms with Gasteiger partial charge in [-0.3, -0.25) is 9.36 Å². The van der Waals surface area contributed by atoms with Gasteiger partial charge in [-0.15, -0.1) is 0 Å². The number of ether oxygens (including phenoxy) is 1. The van der Waals surface area contributed by atoms with Crippen LogP contribution in [0.5, 0.6) is 0 Å². The summed E-state index contributed by atoms with van der Waals surface area (Å²) in [7, 11) is -8.74. The van der Waals surface area contributed by atoms with Crippen LogP contribution in [-0.2, 0) is 43.7 Å². The number of carboxylic acids is 1. The van der Waals surface area contributed by atoms with E-state index >= 15 is 0 Å². The molecule has 0 heterocycles. The molecule has 0 fully saturated rings. The molecule has 3 aromatic rings. The van der Waals surface area contributed by atoms with Gasteiger partial charge in [0.05, 0.1) is 17.7 Å². The highest BCUT2D eigenvalue weighted by Crippen LogP contribution is 2.51. The number of hydrogen-bond donors (Lipinski definition) is 5. The standard InChI is InChI=1S/C31H40N3O8PS/c1-22(2)29(43(38,39)20-28(30(35)36)26-15-9-14-25(16-26)18-32)34-44(40,41)21-27(17-23-10-5-3-6-11-23)33-31(37)42-19-24-12-7-4-8-13-24/h3-16,22,27-29,34H,17-21,32H2,1-2H3,(H,33,37)(H,35,36)(H,38,39). The lowest BCUT2D eigenvalue weighted by atomic mass is 9.99. The minimum Gasteiger partial charge on any atom is -0.481 e. The Morgan fingerprint density at radius 1 is 0.932 bits per heavy atom. The van der Waals surface area contributed by atoms with Gasteiger partial charge < -0.3 is 25.8 Å². The molecule has 0 aliphatic carbocycles. The average molecular weight is 646 g/mol. The van der Waals surface area contributed by atoms with Gasteiger partial charge in [0.15, 0.2) is 0 Å². The van der Waals surface area contributed by atoms with Crippen LogP contribution < -0.4 is 15.8 Å². The fourth-order valence-corrected chi connectivity index (χ4v) is 9.46. The van der Waals surface area contributed by atoms with Crippen molar-refractivity contribution < 1.29 is 37.3 Å². The Morgan fingerprint density at radius 2 is 1.52 bits per heavy atom. The first-order valence-corrected chi connectivity index (χ1v) is 17.7. The lowest BCUT2D eigenvalue weighted by molar-refractivity contribution is -0.138. The van der Waals surface area contributed by atoms with E-state index in [1.165, 1.54) is 6.07 Å². The molecule has 0 saturated carbocycles. The molecule has 1 amide bonds. The molecule has 11 nitrogen and oxygen atoms in total. The van der Waals surface area contributed by atoms with Crippen molar-refractivity contribution in [3.8, 4) is 0 Å². The summed E-state index contributed by atoms with van der Waals surface area (Å²) in [6, 6.07) is 23.4. The van der Waals surface area contributed by atoms with Crippen molar-refractivity contribution in [1.29, 1.82) is 0 Å². The second-order valence-electron chi connectivity index (χ2n) is 11.0. The number of alkyl carbamates (subject to hydrolysis) is 1. The highest BCUT2D eigenvalue weighted by Gasteiger charge is 2.41. The van der Waals surface area contributed by atoms with Crippen molar-refractivity contribution >= 4 is 29.5 Å². The van der Waals surface area contributed by atoms with Gasteiger partial charge in [0.25, 0.3) is 0 Å². The third-order valence-corrected chi connectivity index (χ3v) is 11.1. The van der Waals surface area contributed by atoms with Gasteiger partial charge in [-0.05, 0) is 34.6 Å². The lowest BCUT2D eigenvalue weighted by Crippen LogP contribution is -2.47. The molecule has 13 heteroatoms. The predicted molar refractivity (Wildman–Crippen MR) is 169 cm³/mol. The molecule has 238 valence electrons. The molecular weight excluding hydrogens is 605 g/mol. The second kappa shape index (κ2) is 16.0. The van der Waals surface area contributed by atoms with E-state index in [1.54, 1.807) is 86.6 Å². The highest BCUT2D eigenvalue weighted by molar-refractivity contribution is 7.89. The Labute approximate surface area is 258 Å². The van der Waals surface area contributed by atoms with Gasteiger partial charge >= 0.3 is 12.1 Å². The fraction of sp³-hybridized carbons (Fsp3) is 0.355. The number of nitrogens with one attached hydrogen (secondary N) is 2. The van der Waals surface area contributed by atoms with Gasteiger partial charge in [-0.25, -0.2) is 17.9 Å². The molecule has 0 aliphatic rings. The third kappa shape index (κ3) is 10.9. The van der Waals surface area contributed by atoms with Crippen LogP contribution in [0.1, 0.15) is 42.0 Å². The molecule has 0 aliphatic heterocycles. The van der Waals surface area contributed by atoms with Gasteiger partial charge in [0.2, 0.25) is 17.4 Å². The highest BCUT2D eigenvalue weighted by atomic mass is 32.2. The van der Waals surface area contributed by atoms with Crippen LogP contribution in [0.2, 0.25) is 0 Å². The molecule has 0 saturated heterocycles. The van der Waals surface area contributed by atoms with E-state index in [0.717, 1.165) is 11.1 Å². The minimum absolute atomic E-state index is 0.0161. The Balaban J connectivity index is 1.79. The van der Waals surface area contributed by atoms with E-state index in [4.69, 9.17) is 10.5 Å². The van der Waals surface area contributed by atoms with Crippen molar-refractivity contribution in [2.45, 2.75) is 51.2 Å². The molecule has 3 aromatic carbocycles. The summed E-state index contributed by atoms with van der Waals surface area (Å²) in [5, 5.41) is 12.5.